The van der Waals surface area contributed by atoms with E-state index in [2.05, 4.69) is 24.9 Å². The van der Waals surface area contributed by atoms with Crippen molar-refractivity contribution < 1.29 is 29.0 Å². The van der Waals surface area contributed by atoms with Crippen LogP contribution in [0.2, 0.25) is 0 Å². The zero-order chi connectivity index (χ0) is 19.6. The highest BCUT2D eigenvalue weighted by Crippen LogP contribution is 2.39. The maximum absolute atomic E-state index is 12.3. The second-order valence-electron chi connectivity index (χ2n) is 7.69. The number of ketones is 1. The second-order valence-corrected chi connectivity index (χ2v) is 12.0. The molecule has 2 N–H and O–H groups in total. The van der Waals surface area contributed by atoms with Crippen molar-refractivity contribution in [3.8, 4) is 0 Å². The summed E-state index contributed by atoms with van der Waals surface area (Å²) in [6.07, 6.45) is 4.32. The average molecular weight is 385 g/mol. The van der Waals surface area contributed by atoms with Gasteiger partial charge in [0.25, 0.3) is 5.91 Å². The number of methoxy groups -OCH3 is 1. The fourth-order valence-electron chi connectivity index (χ4n) is 3.34. The average Bonchev–Trinajstić information content (AvgIpc) is 2.82. The Bertz CT molecular complexity index is 667. The van der Waals surface area contributed by atoms with Gasteiger partial charge in [-0.2, -0.15) is 0 Å². The van der Waals surface area contributed by atoms with Crippen LogP contribution in [0, 0.1) is 5.92 Å². The van der Waals surface area contributed by atoms with Crippen molar-refractivity contribution in [2.45, 2.75) is 44.2 Å². The molecule has 0 aromatic rings. The van der Waals surface area contributed by atoms with E-state index in [0.29, 0.717) is 6.42 Å². The smallest absolute Gasteiger partial charge is 0.253 e. The van der Waals surface area contributed by atoms with Crippen molar-refractivity contribution in [2.24, 2.45) is 5.92 Å². The molecule has 1 unspecified atom stereocenters. The lowest BCUT2D eigenvalue weighted by Crippen LogP contribution is -2.48. The quantitative estimate of drug-likeness (QED) is 0.486. The Hall–Kier alpha value is -1.27. The van der Waals surface area contributed by atoms with Gasteiger partial charge in [0.15, 0.2) is 0 Å². The SMILES string of the molecule is C=P(C)(C)CC[C@H]1OC([C@@H]2C=C(CC(C)=O)C(=O)NC2=O)[C@H](OC)[C@@H]1O. The number of hydrogen-bond acceptors (Lipinski definition) is 6. The van der Waals surface area contributed by atoms with Gasteiger partial charge < -0.3 is 14.6 Å². The van der Waals surface area contributed by atoms with Gasteiger partial charge in [0, 0.05) is 19.1 Å². The Morgan fingerprint density at radius 1 is 1.42 bits per heavy atom. The molecule has 7 nitrogen and oxygen atoms in total. The van der Waals surface area contributed by atoms with Crippen LogP contribution in [0.4, 0.5) is 0 Å². The molecular weight excluding hydrogens is 357 g/mol. The molecule has 8 heteroatoms. The van der Waals surface area contributed by atoms with E-state index in [0.717, 1.165) is 6.16 Å². The van der Waals surface area contributed by atoms with Crippen molar-refractivity contribution in [3.05, 3.63) is 11.6 Å². The summed E-state index contributed by atoms with van der Waals surface area (Å²) in [7, 11) is 1.46. The van der Waals surface area contributed by atoms with Crippen molar-refractivity contribution in [1.82, 2.24) is 5.32 Å². The van der Waals surface area contributed by atoms with E-state index in [1.165, 1.54) is 20.1 Å². The van der Waals surface area contributed by atoms with Crippen LogP contribution in [0.5, 0.6) is 0 Å². The molecule has 1 saturated heterocycles. The third-order valence-electron chi connectivity index (χ3n) is 4.67. The van der Waals surface area contributed by atoms with E-state index in [4.69, 9.17) is 9.47 Å². The van der Waals surface area contributed by atoms with Crippen LogP contribution in [-0.4, -0.2) is 80.0 Å². The highest BCUT2D eigenvalue weighted by molar-refractivity contribution is 7.72. The van der Waals surface area contributed by atoms with Gasteiger partial charge in [0.05, 0.1) is 12.0 Å². The number of hydrogen-bond donors (Lipinski definition) is 2. The summed E-state index contributed by atoms with van der Waals surface area (Å²) < 4.78 is 11.4. The van der Waals surface area contributed by atoms with Crippen molar-refractivity contribution in [1.29, 1.82) is 0 Å². The number of nitrogens with one attached hydrogen (secondary N) is 1. The maximum atomic E-state index is 12.3. The first-order chi connectivity index (χ1) is 12.0. The van der Waals surface area contributed by atoms with Crippen LogP contribution >= 0.6 is 6.89 Å². The number of aliphatic hydroxyl groups is 1. The zero-order valence-corrected chi connectivity index (χ0v) is 16.6. The standard InChI is InChI=1S/C18H28NO6P/c1-10(20)8-11-9-12(18(23)19-17(11)22)15-16(24-2)14(21)13(25-15)6-7-26(3,4)5/h9,12-16,21H,3,6-8H2,1-2,4-5H3,(H,19,22,23)/t12-,13+,14+,15?,16+/m0/s1. The largest absolute Gasteiger partial charge is 0.388 e. The molecular formula is C18H28NO6P. The van der Waals surface area contributed by atoms with E-state index in [1.807, 2.05) is 0 Å². The van der Waals surface area contributed by atoms with Crippen molar-refractivity contribution in [3.63, 3.8) is 0 Å². The van der Waals surface area contributed by atoms with Gasteiger partial charge in [-0.25, -0.2) is 0 Å². The molecule has 146 valence electrons. The topological polar surface area (TPSA) is 102 Å². The summed E-state index contributed by atoms with van der Waals surface area (Å²) >= 11 is 0. The predicted molar refractivity (Wildman–Crippen MR) is 101 cm³/mol. The van der Waals surface area contributed by atoms with Crippen LogP contribution in [-0.2, 0) is 23.9 Å². The number of rotatable bonds is 7. The van der Waals surface area contributed by atoms with E-state index < -0.39 is 49.0 Å². The zero-order valence-electron chi connectivity index (χ0n) is 15.7. The number of aliphatic hydroxyl groups excluding tert-OH is 1. The van der Waals surface area contributed by atoms with Gasteiger partial charge in [-0.3, -0.25) is 19.7 Å². The fraction of sp³-hybridized carbons (Fsp3) is 0.667. The Kier molecular flexibility index (Phi) is 6.61. The summed E-state index contributed by atoms with van der Waals surface area (Å²) in [5, 5.41) is 12.8. The number of carbonyl (C=O) groups is 3. The molecule has 0 radical (unpaired) electrons. The molecule has 0 saturated carbocycles. The first kappa shape index (κ1) is 21.0. The predicted octanol–water partition coefficient (Wildman–Crippen LogP) is 0.407. The summed E-state index contributed by atoms with van der Waals surface area (Å²) in [4.78, 5) is 35.6. The van der Waals surface area contributed by atoms with Gasteiger partial charge in [0.2, 0.25) is 5.91 Å². The molecule has 0 aliphatic carbocycles. The van der Waals surface area contributed by atoms with Gasteiger partial charge in [0.1, 0.15) is 24.1 Å². The molecule has 0 aromatic carbocycles. The van der Waals surface area contributed by atoms with E-state index in [-0.39, 0.29) is 17.8 Å². The molecule has 5 atom stereocenters. The first-order valence-corrected chi connectivity index (χ1v) is 11.7. The maximum Gasteiger partial charge on any atom is 0.253 e. The van der Waals surface area contributed by atoms with E-state index in [1.54, 1.807) is 0 Å². The van der Waals surface area contributed by atoms with Crippen LogP contribution in [0.1, 0.15) is 19.8 Å². The highest BCUT2D eigenvalue weighted by atomic mass is 31.2. The molecule has 2 aliphatic heterocycles. The lowest BCUT2D eigenvalue weighted by molar-refractivity contribution is -0.137. The van der Waals surface area contributed by atoms with Crippen LogP contribution in [0.25, 0.3) is 0 Å². The fourth-order valence-corrected chi connectivity index (χ4v) is 4.29. The molecule has 0 aromatic heterocycles. The number of carbonyl (C=O) groups excluding carboxylic acids is 3. The Balaban J connectivity index is 2.22. The molecule has 2 rings (SSSR count). The summed E-state index contributed by atoms with van der Waals surface area (Å²) in [6.45, 7) is 4.32. The van der Waals surface area contributed by atoms with Crippen LogP contribution in [0.15, 0.2) is 11.6 Å². The second kappa shape index (κ2) is 8.17. The molecule has 0 spiro atoms. The molecule has 2 amide bonds. The Morgan fingerprint density at radius 3 is 2.62 bits per heavy atom. The molecule has 26 heavy (non-hydrogen) atoms. The van der Waals surface area contributed by atoms with E-state index >= 15 is 0 Å². The number of ether oxygens (including phenoxy) is 2. The monoisotopic (exact) mass is 385 g/mol. The minimum atomic E-state index is -1.28. The lowest BCUT2D eigenvalue weighted by atomic mass is 9.89. The van der Waals surface area contributed by atoms with Gasteiger partial charge in [-0.05, 0) is 32.8 Å². The summed E-state index contributed by atoms with van der Waals surface area (Å²) in [5.41, 5.74) is 0.239. The normalized spacial score (nSPS) is 32.3. The minimum absolute atomic E-state index is 0.0495. The van der Waals surface area contributed by atoms with Crippen LogP contribution < -0.4 is 5.32 Å². The third kappa shape index (κ3) is 4.92. The third-order valence-corrected chi connectivity index (χ3v) is 6.14. The molecule has 2 heterocycles. The van der Waals surface area contributed by atoms with Gasteiger partial charge in [-0.1, -0.05) is 6.08 Å². The van der Waals surface area contributed by atoms with Crippen molar-refractivity contribution in [2.75, 3.05) is 26.6 Å². The lowest BCUT2D eigenvalue weighted by Gasteiger charge is -2.27. The van der Waals surface area contributed by atoms with Gasteiger partial charge in [-0.15, -0.1) is 13.2 Å². The minimum Gasteiger partial charge on any atom is -0.388 e. The van der Waals surface area contributed by atoms with Crippen LogP contribution in [0.3, 0.4) is 0 Å². The first-order valence-electron chi connectivity index (χ1n) is 8.62. The molecule has 0 bridgehead atoms. The van der Waals surface area contributed by atoms with E-state index in [9.17, 15) is 19.5 Å². The van der Waals surface area contributed by atoms with Crippen molar-refractivity contribution >= 4 is 30.8 Å². The summed E-state index contributed by atoms with van der Waals surface area (Å²) in [5.74, 6) is -2.04. The molecule has 2 aliphatic rings. The molecule has 1 fully saturated rings. The number of imide groups is 1. The number of Topliss-reactive ketones (excluding diaryl/α,β-unsaturated/α-hetero) is 1. The summed E-state index contributed by atoms with van der Waals surface area (Å²) in [6, 6.07) is 0. The highest BCUT2D eigenvalue weighted by Gasteiger charge is 2.49. The van der Waals surface area contributed by atoms with Gasteiger partial charge >= 0.3 is 0 Å². The Morgan fingerprint density at radius 2 is 2.08 bits per heavy atom. The Labute approximate surface area is 154 Å². The number of amides is 2.